The van der Waals surface area contributed by atoms with E-state index in [1.54, 1.807) is 0 Å². The highest BCUT2D eigenvalue weighted by Gasteiger charge is 2.46. The van der Waals surface area contributed by atoms with Gasteiger partial charge in [0.1, 0.15) is 0 Å². The maximum Gasteiger partial charge on any atom is 0.252 e. The van der Waals surface area contributed by atoms with Crippen LogP contribution in [0.3, 0.4) is 0 Å². The van der Waals surface area contributed by atoms with Gasteiger partial charge < -0.3 is 9.80 Å². The summed E-state index contributed by atoms with van der Waals surface area (Å²) in [6, 6.07) is 123. The van der Waals surface area contributed by atoms with Crippen molar-refractivity contribution in [3.63, 3.8) is 0 Å². The fourth-order valence-electron chi connectivity index (χ4n) is 15.6. The number of anilines is 6. The number of nitrogens with zero attached hydrogens (tertiary/aromatic N) is 2. The van der Waals surface area contributed by atoms with Gasteiger partial charge in [0, 0.05) is 65.2 Å². The van der Waals surface area contributed by atoms with Crippen LogP contribution in [-0.2, 0) is 5.41 Å². The van der Waals surface area contributed by atoms with Crippen molar-refractivity contribution in [3.8, 4) is 77.9 Å². The molecule has 18 rings (SSSR count). The van der Waals surface area contributed by atoms with E-state index in [0.717, 1.165) is 78.5 Å². The molecule has 0 saturated heterocycles. The fourth-order valence-corrected chi connectivity index (χ4v) is 16.7. The molecule has 16 aromatic rings. The number of fused-ring (bicyclic) bond motifs is 9. The van der Waals surface area contributed by atoms with Gasteiger partial charge in [0.05, 0.1) is 11.4 Å². The zero-order chi connectivity index (χ0) is 62.6. The lowest BCUT2D eigenvalue weighted by Crippen LogP contribution is -2.61. The summed E-state index contributed by atoms with van der Waals surface area (Å²) in [5, 5.41) is 7.50. The Morgan fingerprint density at radius 1 is 0.277 bits per heavy atom. The third-order valence-corrected chi connectivity index (χ3v) is 20.9. The van der Waals surface area contributed by atoms with Crippen molar-refractivity contribution in [2.45, 2.75) is 26.2 Å². The molecule has 2 nitrogen and oxygen atoms in total. The Kier molecular flexibility index (Phi) is 13.1. The van der Waals surface area contributed by atoms with Crippen molar-refractivity contribution >= 4 is 110 Å². The van der Waals surface area contributed by atoms with E-state index in [-0.39, 0.29) is 12.1 Å². The summed E-state index contributed by atoms with van der Waals surface area (Å²) in [5.41, 5.74) is 28.2. The highest BCUT2D eigenvalue weighted by Crippen LogP contribution is 2.55. The van der Waals surface area contributed by atoms with E-state index in [2.05, 4.69) is 358 Å². The summed E-state index contributed by atoms with van der Waals surface area (Å²) < 4.78 is 2.59. The molecule has 3 heterocycles. The molecule has 442 valence electrons. The number of para-hydroxylation sites is 2. The van der Waals surface area contributed by atoms with E-state index in [0.29, 0.717) is 0 Å². The minimum Gasteiger partial charge on any atom is -0.310 e. The second-order valence-corrected chi connectivity index (χ2v) is 27.3. The third-order valence-electron chi connectivity index (χ3n) is 19.8. The van der Waals surface area contributed by atoms with Crippen LogP contribution in [0.2, 0.25) is 0 Å². The third kappa shape index (κ3) is 8.92. The van der Waals surface area contributed by atoms with Crippen molar-refractivity contribution < 1.29 is 0 Å². The summed E-state index contributed by atoms with van der Waals surface area (Å²) in [4.78, 5) is 5.39. The molecule has 0 spiro atoms. The average Bonchev–Trinajstić information content (AvgIpc) is 0.787. The molecule has 15 aromatic carbocycles. The Hall–Kier alpha value is -11.3. The number of rotatable bonds is 9. The van der Waals surface area contributed by atoms with Gasteiger partial charge in [0.25, 0.3) is 6.71 Å². The molecule has 2 aliphatic rings. The molecular formula is C90H63BN2S. The van der Waals surface area contributed by atoms with Gasteiger partial charge in [0.2, 0.25) is 0 Å². The Morgan fingerprint density at radius 3 is 1.16 bits per heavy atom. The minimum absolute atomic E-state index is 0.217. The van der Waals surface area contributed by atoms with Crippen molar-refractivity contribution in [1.29, 1.82) is 0 Å². The Labute approximate surface area is 553 Å². The lowest BCUT2D eigenvalue weighted by Gasteiger charge is -2.46. The second kappa shape index (κ2) is 22.2. The maximum absolute atomic E-state index is 2.71. The first-order chi connectivity index (χ1) is 46.3. The maximum atomic E-state index is 2.71. The molecule has 4 heteroatoms. The van der Waals surface area contributed by atoms with E-state index in [4.69, 9.17) is 0 Å². The SMILES string of the molecule is CC(C)(C)c1cc2c3c(c1)N(c1c(-c4ccccc4)cccc1-c1ccccc1)c1cc(-c4c5ccccc5c(-c5ccccc5)c5ccccc45)ccc1B3c1cc(-c3cccc4sc5ccccc5c34)ccc1N2c1c(-c2ccccc2)cccc1-c1ccccc1. The lowest BCUT2D eigenvalue weighted by molar-refractivity contribution is 0.590. The fraction of sp³-hybridized carbons (Fsp3) is 0.0444. The smallest absolute Gasteiger partial charge is 0.252 e. The summed E-state index contributed by atoms with van der Waals surface area (Å²) in [6.45, 7) is 6.94. The van der Waals surface area contributed by atoms with Crippen molar-refractivity contribution in [2.75, 3.05) is 9.80 Å². The molecule has 0 atom stereocenters. The largest absolute Gasteiger partial charge is 0.310 e. The van der Waals surface area contributed by atoms with Crippen molar-refractivity contribution in [3.05, 3.63) is 333 Å². The van der Waals surface area contributed by atoms with Crippen LogP contribution in [-0.4, -0.2) is 6.71 Å². The predicted molar refractivity (Wildman–Crippen MR) is 405 cm³/mol. The Morgan fingerprint density at radius 2 is 0.670 bits per heavy atom. The number of hydrogen-bond donors (Lipinski definition) is 0. The number of benzene rings is 15. The normalized spacial score (nSPS) is 12.6. The molecule has 94 heavy (non-hydrogen) atoms. The quantitative estimate of drug-likeness (QED) is 0.105. The highest BCUT2D eigenvalue weighted by atomic mass is 32.1. The van der Waals surface area contributed by atoms with Crippen LogP contribution in [0.5, 0.6) is 0 Å². The molecule has 0 bridgehead atoms. The van der Waals surface area contributed by atoms with Crippen molar-refractivity contribution in [2.24, 2.45) is 0 Å². The average molecular weight is 1220 g/mol. The van der Waals surface area contributed by atoms with Gasteiger partial charge in [-0.3, -0.25) is 0 Å². The first-order valence-electron chi connectivity index (χ1n) is 32.8. The minimum atomic E-state index is -0.284. The van der Waals surface area contributed by atoms with E-state index >= 15 is 0 Å². The van der Waals surface area contributed by atoms with Crippen molar-refractivity contribution in [1.82, 2.24) is 0 Å². The number of thiophene rings is 1. The molecule has 1 aromatic heterocycles. The van der Waals surface area contributed by atoms with Crippen LogP contribution in [0.1, 0.15) is 26.3 Å². The van der Waals surface area contributed by atoms with Gasteiger partial charge in [-0.1, -0.05) is 312 Å². The molecule has 0 amide bonds. The van der Waals surface area contributed by atoms with Gasteiger partial charge in [-0.05, 0) is 141 Å². The first-order valence-corrected chi connectivity index (χ1v) is 33.6. The van der Waals surface area contributed by atoms with Gasteiger partial charge in [-0.25, -0.2) is 0 Å². The monoisotopic (exact) mass is 1210 g/mol. The summed E-state index contributed by atoms with van der Waals surface area (Å²) in [7, 11) is 0. The molecule has 0 radical (unpaired) electrons. The summed E-state index contributed by atoms with van der Waals surface area (Å²) in [6.07, 6.45) is 0. The molecule has 2 aliphatic heterocycles. The molecule has 0 N–H and O–H groups in total. The van der Waals surface area contributed by atoms with E-state index in [1.165, 1.54) is 97.2 Å². The Bertz CT molecular complexity index is 5480. The Balaban J connectivity index is 1.01. The molecular weight excluding hydrogens is 1150 g/mol. The molecule has 0 aliphatic carbocycles. The van der Waals surface area contributed by atoms with Crippen LogP contribution >= 0.6 is 11.3 Å². The zero-order valence-corrected chi connectivity index (χ0v) is 53.4. The topological polar surface area (TPSA) is 6.48 Å². The molecule has 0 unspecified atom stereocenters. The second-order valence-electron chi connectivity index (χ2n) is 26.2. The van der Waals surface area contributed by atoms with Crippen LogP contribution < -0.4 is 26.2 Å². The predicted octanol–water partition coefficient (Wildman–Crippen LogP) is 23.4. The van der Waals surface area contributed by atoms with Crippen LogP contribution in [0.4, 0.5) is 34.1 Å². The van der Waals surface area contributed by atoms with E-state index in [1.807, 2.05) is 11.3 Å². The first kappa shape index (κ1) is 55.5. The lowest BCUT2D eigenvalue weighted by atomic mass is 9.33. The standard InChI is InChI=1S/C90H63BN2S/c1-90(2,3)65-56-80-87-81(57-65)93(89-69(60-32-13-6-14-33-60)46-26-47-70(89)61-34-15-7-16-35-61)79-55-64(85-73-40-21-19-38-71(73)84(62-36-17-8-18-37-62)72-39-20-22-41-74(72)85)50-52-76(79)91(87)77-54-63(66-43-27-49-83-86(66)75-42-23-24-48-82(75)94-83)51-53-78(77)92(80)88-67(58-28-9-4-10-29-58)44-25-45-68(88)59-30-11-5-12-31-59/h4-57H,1-3H3. The zero-order valence-electron chi connectivity index (χ0n) is 52.6. The van der Waals surface area contributed by atoms with Crippen LogP contribution in [0.15, 0.2) is 328 Å². The van der Waals surface area contributed by atoms with E-state index < -0.39 is 0 Å². The van der Waals surface area contributed by atoms with Crippen LogP contribution in [0.25, 0.3) is 120 Å². The van der Waals surface area contributed by atoms with Gasteiger partial charge >= 0.3 is 0 Å². The van der Waals surface area contributed by atoms with Crippen LogP contribution in [0, 0.1) is 0 Å². The van der Waals surface area contributed by atoms with Gasteiger partial charge in [0.15, 0.2) is 0 Å². The number of hydrogen-bond acceptors (Lipinski definition) is 3. The molecule has 0 fully saturated rings. The molecule has 0 saturated carbocycles. The van der Waals surface area contributed by atoms with E-state index in [9.17, 15) is 0 Å². The van der Waals surface area contributed by atoms with Gasteiger partial charge in [-0.15, -0.1) is 11.3 Å². The van der Waals surface area contributed by atoms with Gasteiger partial charge in [-0.2, -0.15) is 0 Å². The highest BCUT2D eigenvalue weighted by molar-refractivity contribution is 7.26. The summed E-state index contributed by atoms with van der Waals surface area (Å²) in [5.74, 6) is 0. The summed E-state index contributed by atoms with van der Waals surface area (Å²) >= 11 is 1.88.